The Morgan fingerprint density at radius 2 is 2.40 bits per heavy atom. The number of nitrogens with zero attached hydrogens (tertiary/aromatic N) is 1. The molecule has 0 radical (unpaired) electrons. The Morgan fingerprint density at radius 3 is 3.20 bits per heavy atom. The number of nitrogens with one attached hydrogen (secondary N) is 1. The molecule has 15 heavy (non-hydrogen) atoms. The third-order valence-corrected chi connectivity index (χ3v) is 2.74. The molecule has 1 aromatic rings. The maximum absolute atomic E-state index is 9.90. The average Bonchev–Trinajstić information content (AvgIpc) is 2.65. The van der Waals surface area contributed by atoms with E-state index in [4.69, 9.17) is 4.42 Å². The monoisotopic (exact) mass is 210 g/mol. The van der Waals surface area contributed by atoms with Gasteiger partial charge in [0.05, 0.1) is 6.26 Å². The molecule has 1 aliphatic heterocycles. The van der Waals surface area contributed by atoms with E-state index in [2.05, 4.69) is 10.2 Å². The molecule has 0 amide bonds. The highest BCUT2D eigenvalue weighted by molar-refractivity contribution is 5.02. The quantitative estimate of drug-likeness (QED) is 0.767. The number of furan rings is 1. The van der Waals surface area contributed by atoms with Crippen LogP contribution in [0.1, 0.15) is 18.3 Å². The van der Waals surface area contributed by atoms with E-state index < -0.39 is 6.10 Å². The van der Waals surface area contributed by atoms with Gasteiger partial charge in [-0.3, -0.25) is 4.90 Å². The smallest absolute Gasteiger partial charge is 0.133 e. The number of hydrogen-bond donors (Lipinski definition) is 2. The van der Waals surface area contributed by atoms with E-state index in [9.17, 15) is 5.11 Å². The van der Waals surface area contributed by atoms with Crippen molar-refractivity contribution in [2.24, 2.45) is 0 Å². The van der Waals surface area contributed by atoms with Gasteiger partial charge >= 0.3 is 0 Å². The molecule has 1 aliphatic rings. The summed E-state index contributed by atoms with van der Waals surface area (Å²) in [6.45, 7) is 4.79. The summed E-state index contributed by atoms with van der Waals surface area (Å²) in [6, 6.07) is 3.63. The summed E-state index contributed by atoms with van der Waals surface area (Å²) < 4.78 is 5.18. The van der Waals surface area contributed by atoms with Crippen molar-refractivity contribution in [2.75, 3.05) is 32.7 Å². The zero-order valence-corrected chi connectivity index (χ0v) is 8.85. The molecule has 1 fully saturated rings. The number of hydrogen-bond acceptors (Lipinski definition) is 4. The lowest BCUT2D eigenvalue weighted by atomic mass is 10.2. The topological polar surface area (TPSA) is 48.6 Å². The summed E-state index contributed by atoms with van der Waals surface area (Å²) in [7, 11) is 0. The van der Waals surface area contributed by atoms with Crippen molar-refractivity contribution in [1.29, 1.82) is 0 Å². The molecule has 0 aliphatic carbocycles. The van der Waals surface area contributed by atoms with Crippen molar-refractivity contribution in [3.63, 3.8) is 0 Å². The van der Waals surface area contributed by atoms with E-state index in [-0.39, 0.29) is 0 Å². The first-order valence-corrected chi connectivity index (χ1v) is 5.51. The van der Waals surface area contributed by atoms with E-state index in [1.807, 2.05) is 12.1 Å². The van der Waals surface area contributed by atoms with Crippen LogP contribution in [0.4, 0.5) is 0 Å². The zero-order chi connectivity index (χ0) is 10.5. The molecule has 4 nitrogen and oxygen atoms in total. The van der Waals surface area contributed by atoms with Gasteiger partial charge in [0.25, 0.3) is 0 Å². The van der Waals surface area contributed by atoms with Gasteiger partial charge in [0, 0.05) is 19.6 Å². The Labute approximate surface area is 89.9 Å². The van der Waals surface area contributed by atoms with Gasteiger partial charge in [-0.15, -0.1) is 0 Å². The first-order valence-electron chi connectivity index (χ1n) is 5.51. The van der Waals surface area contributed by atoms with Crippen LogP contribution in [0.15, 0.2) is 22.8 Å². The standard InChI is InChI=1S/C11H18N2O2/c14-10(11-3-1-8-15-11)9-13-6-2-4-12-5-7-13/h1,3,8,10,12,14H,2,4-7,9H2. The van der Waals surface area contributed by atoms with E-state index in [1.165, 1.54) is 0 Å². The van der Waals surface area contributed by atoms with Gasteiger partial charge in [-0.25, -0.2) is 0 Å². The third-order valence-electron chi connectivity index (χ3n) is 2.74. The molecular formula is C11H18N2O2. The maximum atomic E-state index is 9.90. The van der Waals surface area contributed by atoms with Crippen LogP contribution < -0.4 is 5.32 Å². The van der Waals surface area contributed by atoms with Crippen LogP contribution in [0.3, 0.4) is 0 Å². The second-order valence-corrected chi connectivity index (χ2v) is 3.94. The Balaban J connectivity index is 1.84. The van der Waals surface area contributed by atoms with Gasteiger partial charge in [0.2, 0.25) is 0 Å². The molecule has 84 valence electrons. The largest absolute Gasteiger partial charge is 0.467 e. The summed E-state index contributed by atoms with van der Waals surface area (Å²) in [4.78, 5) is 2.27. The highest BCUT2D eigenvalue weighted by atomic mass is 16.4. The molecule has 0 spiro atoms. The van der Waals surface area contributed by atoms with E-state index in [1.54, 1.807) is 6.26 Å². The lowest BCUT2D eigenvalue weighted by molar-refractivity contribution is 0.0975. The molecule has 1 unspecified atom stereocenters. The summed E-state index contributed by atoms with van der Waals surface area (Å²) in [5, 5.41) is 13.2. The molecule has 1 saturated heterocycles. The molecule has 2 heterocycles. The van der Waals surface area contributed by atoms with Crippen molar-refractivity contribution in [3.05, 3.63) is 24.2 Å². The SMILES string of the molecule is OC(CN1CCCNCC1)c1ccco1. The van der Waals surface area contributed by atoms with Crippen molar-refractivity contribution >= 4 is 0 Å². The lowest BCUT2D eigenvalue weighted by Crippen LogP contribution is -2.32. The highest BCUT2D eigenvalue weighted by Crippen LogP contribution is 2.14. The van der Waals surface area contributed by atoms with Crippen LogP contribution in [0, 0.1) is 0 Å². The van der Waals surface area contributed by atoms with Crippen LogP contribution >= 0.6 is 0 Å². The number of aliphatic hydroxyl groups is 1. The fraction of sp³-hybridized carbons (Fsp3) is 0.636. The predicted molar refractivity (Wildman–Crippen MR) is 57.6 cm³/mol. The highest BCUT2D eigenvalue weighted by Gasteiger charge is 2.16. The Morgan fingerprint density at radius 1 is 1.47 bits per heavy atom. The summed E-state index contributed by atoms with van der Waals surface area (Å²) >= 11 is 0. The Hall–Kier alpha value is -0.840. The van der Waals surface area contributed by atoms with E-state index >= 15 is 0 Å². The number of β-amino-alcohol motifs (C(OH)–C–C–N with tert-alkyl or cyclic N) is 1. The summed E-state index contributed by atoms with van der Waals surface area (Å²) in [6.07, 6.45) is 2.24. The van der Waals surface area contributed by atoms with Crippen molar-refractivity contribution in [3.8, 4) is 0 Å². The third kappa shape index (κ3) is 3.06. The average molecular weight is 210 g/mol. The van der Waals surface area contributed by atoms with Crippen molar-refractivity contribution in [1.82, 2.24) is 10.2 Å². The minimum absolute atomic E-state index is 0.502. The molecule has 2 N–H and O–H groups in total. The Kier molecular flexibility index (Phi) is 3.77. The number of aliphatic hydroxyl groups excluding tert-OH is 1. The molecule has 2 rings (SSSR count). The summed E-state index contributed by atoms with van der Waals surface area (Å²) in [5.74, 6) is 0.659. The molecule has 0 saturated carbocycles. The second-order valence-electron chi connectivity index (χ2n) is 3.94. The normalized spacial score (nSPS) is 21.1. The maximum Gasteiger partial charge on any atom is 0.133 e. The van der Waals surface area contributed by atoms with Crippen LogP contribution in [0.25, 0.3) is 0 Å². The second kappa shape index (κ2) is 5.30. The lowest BCUT2D eigenvalue weighted by Gasteiger charge is -2.21. The zero-order valence-electron chi connectivity index (χ0n) is 8.85. The first kappa shape index (κ1) is 10.7. The Bertz CT molecular complexity index is 266. The van der Waals surface area contributed by atoms with Gasteiger partial charge in [0.15, 0.2) is 0 Å². The van der Waals surface area contributed by atoms with Gasteiger partial charge in [-0.2, -0.15) is 0 Å². The first-order chi connectivity index (χ1) is 7.36. The fourth-order valence-electron chi connectivity index (χ4n) is 1.90. The molecular weight excluding hydrogens is 192 g/mol. The summed E-state index contributed by atoms with van der Waals surface area (Å²) in [5.41, 5.74) is 0. The van der Waals surface area contributed by atoms with Crippen LogP contribution in [0.5, 0.6) is 0 Å². The predicted octanol–water partition coefficient (Wildman–Crippen LogP) is 0.608. The van der Waals surface area contributed by atoms with Crippen molar-refractivity contribution < 1.29 is 9.52 Å². The molecule has 0 aromatic carbocycles. The van der Waals surface area contributed by atoms with E-state index in [0.717, 1.165) is 32.6 Å². The van der Waals surface area contributed by atoms with Gasteiger partial charge in [-0.1, -0.05) is 0 Å². The van der Waals surface area contributed by atoms with Crippen LogP contribution in [0.2, 0.25) is 0 Å². The number of rotatable bonds is 3. The molecule has 0 bridgehead atoms. The molecule has 1 atom stereocenters. The minimum atomic E-state index is -0.502. The van der Waals surface area contributed by atoms with Gasteiger partial charge in [-0.05, 0) is 31.6 Å². The van der Waals surface area contributed by atoms with Gasteiger partial charge in [0.1, 0.15) is 11.9 Å². The van der Waals surface area contributed by atoms with Gasteiger partial charge < -0.3 is 14.8 Å². The fourth-order valence-corrected chi connectivity index (χ4v) is 1.90. The van der Waals surface area contributed by atoms with Crippen LogP contribution in [-0.4, -0.2) is 42.7 Å². The van der Waals surface area contributed by atoms with Crippen LogP contribution in [-0.2, 0) is 0 Å². The molecule has 1 aromatic heterocycles. The van der Waals surface area contributed by atoms with Crippen molar-refractivity contribution in [2.45, 2.75) is 12.5 Å². The minimum Gasteiger partial charge on any atom is -0.467 e. The van der Waals surface area contributed by atoms with E-state index in [0.29, 0.717) is 12.3 Å². The molecule has 4 heteroatoms.